The van der Waals surface area contributed by atoms with Crippen LogP contribution in [0.2, 0.25) is 0 Å². The molecule has 0 radical (unpaired) electrons. The highest BCUT2D eigenvalue weighted by atomic mass is 19.1. The van der Waals surface area contributed by atoms with Crippen LogP contribution in [0.15, 0.2) is 42.5 Å². The standard InChI is InChI=1S/C16H15FN2O/c1-11-4-3-5-13(8-11)19-15(10-18)12-6-7-16(20-2)14(17)9-12/h3-9,15,19H,1-2H3. The highest BCUT2D eigenvalue weighted by Gasteiger charge is 2.13. The van der Waals surface area contributed by atoms with E-state index < -0.39 is 11.9 Å². The second-order valence-corrected chi connectivity index (χ2v) is 4.47. The fourth-order valence-electron chi connectivity index (χ4n) is 1.95. The Kier molecular flexibility index (Phi) is 4.21. The molecule has 0 aliphatic carbocycles. The summed E-state index contributed by atoms with van der Waals surface area (Å²) in [5.41, 5.74) is 2.48. The van der Waals surface area contributed by atoms with Gasteiger partial charge >= 0.3 is 0 Å². The summed E-state index contributed by atoms with van der Waals surface area (Å²) in [4.78, 5) is 0. The largest absolute Gasteiger partial charge is 0.494 e. The number of nitriles is 1. The van der Waals surface area contributed by atoms with Gasteiger partial charge in [0.1, 0.15) is 6.04 Å². The molecule has 102 valence electrons. The van der Waals surface area contributed by atoms with Crippen LogP contribution in [0, 0.1) is 24.1 Å². The van der Waals surface area contributed by atoms with E-state index in [1.165, 1.54) is 19.2 Å². The maximum atomic E-state index is 13.7. The van der Waals surface area contributed by atoms with E-state index in [0.717, 1.165) is 11.3 Å². The summed E-state index contributed by atoms with van der Waals surface area (Å²) in [6.45, 7) is 1.97. The number of rotatable bonds is 4. The lowest BCUT2D eigenvalue weighted by Gasteiger charge is -2.14. The fourth-order valence-corrected chi connectivity index (χ4v) is 1.95. The van der Waals surface area contributed by atoms with Gasteiger partial charge in [-0.2, -0.15) is 5.26 Å². The molecule has 0 aliphatic rings. The third kappa shape index (κ3) is 3.07. The van der Waals surface area contributed by atoms with Gasteiger partial charge in [-0.3, -0.25) is 0 Å². The number of anilines is 1. The second kappa shape index (κ2) is 6.07. The third-order valence-corrected chi connectivity index (χ3v) is 2.97. The normalized spacial score (nSPS) is 11.5. The van der Waals surface area contributed by atoms with Crippen LogP contribution in [0.3, 0.4) is 0 Å². The van der Waals surface area contributed by atoms with Crippen molar-refractivity contribution in [2.75, 3.05) is 12.4 Å². The Bertz CT molecular complexity index is 649. The van der Waals surface area contributed by atoms with Crippen LogP contribution in [-0.2, 0) is 0 Å². The molecule has 0 aliphatic heterocycles. The van der Waals surface area contributed by atoms with Crippen molar-refractivity contribution in [2.45, 2.75) is 13.0 Å². The van der Waals surface area contributed by atoms with Crippen LogP contribution in [-0.4, -0.2) is 7.11 Å². The summed E-state index contributed by atoms with van der Waals surface area (Å²) in [7, 11) is 1.41. The minimum Gasteiger partial charge on any atom is -0.494 e. The number of nitrogens with one attached hydrogen (secondary N) is 1. The van der Waals surface area contributed by atoms with E-state index in [1.54, 1.807) is 6.07 Å². The van der Waals surface area contributed by atoms with Crippen molar-refractivity contribution in [2.24, 2.45) is 0 Å². The molecule has 3 nitrogen and oxygen atoms in total. The first-order valence-electron chi connectivity index (χ1n) is 6.20. The highest BCUT2D eigenvalue weighted by molar-refractivity contribution is 5.49. The molecule has 4 heteroatoms. The maximum Gasteiger partial charge on any atom is 0.165 e. The molecule has 20 heavy (non-hydrogen) atoms. The molecule has 1 unspecified atom stereocenters. The van der Waals surface area contributed by atoms with Gasteiger partial charge in [-0.15, -0.1) is 0 Å². The van der Waals surface area contributed by atoms with Crippen molar-refractivity contribution in [3.05, 3.63) is 59.4 Å². The number of benzene rings is 2. The summed E-state index contributed by atoms with van der Waals surface area (Å²) in [5, 5.41) is 12.3. The molecule has 0 amide bonds. The lowest BCUT2D eigenvalue weighted by molar-refractivity contribution is 0.386. The predicted octanol–water partition coefficient (Wildman–Crippen LogP) is 3.82. The van der Waals surface area contributed by atoms with Crippen LogP contribution in [0.4, 0.5) is 10.1 Å². The Morgan fingerprint density at radius 3 is 2.65 bits per heavy atom. The topological polar surface area (TPSA) is 45.0 Å². The summed E-state index contributed by atoms with van der Waals surface area (Å²) < 4.78 is 18.6. The van der Waals surface area contributed by atoms with Gasteiger partial charge in [0.05, 0.1) is 13.2 Å². The zero-order valence-electron chi connectivity index (χ0n) is 11.4. The molecular weight excluding hydrogens is 255 g/mol. The van der Waals surface area contributed by atoms with Gasteiger partial charge in [0.15, 0.2) is 11.6 Å². The molecule has 0 aromatic heterocycles. The van der Waals surface area contributed by atoms with Crippen LogP contribution in [0.25, 0.3) is 0 Å². The minimum atomic E-state index is -0.614. The first kappa shape index (κ1) is 13.9. The quantitative estimate of drug-likeness (QED) is 0.918. The van der Waals surface area contributed by atoms with E-state index in [4.69, 9.17) is 4.74 Å². The Morgan fingerprint density at radius 1 is 1.25 bits per heavy atom. The SMILES string of the molecule is COc1ccc(C(C#N)Nc2cccc(C)c2)cc1F. The van der Waals surface area contributed by atoms with Crippen molar-refractivity contribution >= 4 is 5.69 Å². The van der Waals surface area contributed by atoms with Gasteiger partial charge in [0.2, 0.25) is 0 Å². The maximum absolute atomic E-state index is 13.7. The summed E-state index contributed by atoms with van der Waals surface area (Å²) in [6.07, 6.45) is 0. The van der Waals surface area contributed by atoms with E-state index in [2.05, 4.69) is 11.4 Å². The third-order valence-electron chi connectivity index (χ3n) is 2.97. The van der Waals surface area contributed by atoms with E-state index >= 15 is 0 Å². The number of ether oxygens (including phenoxy) is 1. The molecule has 0 spiro atoms. The Hall–Kier alpha value is -2.54. The van der Waals surface area contributed by atoms with E-state index in [-0.39, 0.29) is 5.75 Å². The van der Waals surface area contributed by atoms with Gasteiger partial charge in [0.25, 0.3) is 0 Å². The first-order valence-corrected chi connectivity index (χ1v) is 6.20. The molecule has 0 saturated heterocycles. The summed E-state index contributed by atoms with van der Waals surface area (Å²) in [6, 6.07) is 13.7. The Balaban J connectivity index is 2.25. The number of nitrogens with zero attached hydrogens (tertiary/aromatic N) is 1. The van der Waals surface area contributed by atoms with E-state index in [9.17, 15) is 9.65 Å². The molecule has 2 rings (SSSR count). The van der Waals surface area contributed by atoms with Crippen molar-refractivity contribution in [1.29, 1.82) is 5.26 Å². The zero-order chi connectivity index (χ0) is 14.5. The van der Waals surface area contributed by atoms with Crippen molar-refractivity contribution in [1.82, 2.24) is 0 Å². The number of halogens is 1. The van der Waals surface area contributed by atoms with Crippen LogP contribution in [0.1, 0.15) is 17.2 Å². The average molecular weight is 270 g/mol. The van der Waals surface area contributed by atoms with Gasteiger partial charge in [-0.25, -0.2) is 4.39 Å². The van der Waals surface area contributed by atoms with Gasteiger partial charge < -0.3 is 10.1 Å². The van der Waals surface area contributed by atoms with Crippen molar-refractivity contribution in [3.8, 4) is 11.8 Å². The molecule has 1 N–H and O–H groups in total. The Morgan fingerprint density at radius 2 is 2.05 bits per heavy atom. The molecule has 0 saturated carbocycles. The molecular formula is C16H15FN2O. The summed E-state index contributed by atoms with van der Waals surface area (Å²) in [5.74, 6) is -0.308. The van der Waals surface area contributed by atoms with Gasteiger partial charge in [-0.05, 0) is 42.3 Å². The second-order valence-electron chi connectivity index (χ2n) is 4.47. The van der Waals surface area contributed by atoms with Gasteiger partial charge in [0, 0.05) is 5.69 Å². The monoisotopic (exact) mass is 270 g/mol. The summed E-state index contributed by atoms with van der Waals surface area (Å²) >= 11 is 0. The minimum absolute atomic E-state index is 0.168. The molecule has 1 atom stereocenters. The van der Waals surface area contributed by atoms with Crippen LogP contribution < -0.4 is 10.1 Å². The van der Waals surface area contributed by atoms with E-state index in [1.807, 2.05) is 31.2 Å². The molecule has 0 bridgehead atoms. The smallest absolute Gasteiger partial charge is 0.165 e. The first-order chi connectivity index (χ1) is 9.63. The predicted molar refractivity (Wildman–Crippen MR) is 76.1 cm³/mol. The fraction of sp³-hybridized carbons (Fsp3) is 0.188. The van der Waals surface area contributed by atoms with Crippen LogP contribution >= 0.6 is 0 Å². The molecule has 2 aromatic rings. The zero-order valence-corrected chi connectivity index (χ0v) is 11.4. The van der Waals surface area contributed by atoms with Crippen LogP contribution in [0.5, 0.6) is 5.75 Å². The van der Waals surface area contributed by atoms with E-state index in [0.29, 0.717) is 5.56 Å². The number of aryl methyl sites for hydroxylation is 1. The number of hydrogen-bond acceptors (Lipinski definition) is 3. The average Bonchev–Trinajstić information content (AvgIpc) is 2.44. The number of hydrogen-bond donors (Lipinski definition) is 1. The Labute approximate surface area is 117 Å². The van der Waals surface area contributed by atoms with Crippen molar-refractivity contribution < 1.29 is 9.13 Å². The lowest BCUT2D eigenvalue weighted by atomic mass is 10.1. The molecule has 0 fully saturated rings. The highest BCUT2D eigenvalue weighted by Crippen LogP contribution is 2.24. The molecule has 0 heterocycles. The molecule has 2 aromatic carbocycles. The number of methoxy groups -OCH3 is 1. The lowest BCUT2D eigenvalue weighted by Crippen LogP contribution is -2.09. The van der Waals surface area contributed by atoms with Crippen molar-refractivity contribution in [3.63, 3.8) is 0 Å². The van der Waals surface area contributed by atoms with Gasteiger partial charge in [-0.1, -0.05) is 18.2 Å².